The fraction of sp³-hybridized carbons (Fsp3) is 0.385. The zero-order chi connectivity index (χ0) is 13.6. The van der Waals surface area contributed by atoms with E-state index < -0.39 is 0 Å². The molecule has 1 fully saturated rings. The van der Waals surface area contributed by atoms with E-state index in [4.69, 9.17) is 5.73 Å². The number of aromatic nitrogens is 2. The number of nitrogens with two attached hydrogens (primary N) is 1. The first-order valence-corrected chi connectivity index (χ1v) is 7.09. The Balaban J connectivity index is 2.00. The first kappa shape index (κ1) is 12.5. The molecule has 1 aliphatic rings. The van der Waals surface area contributed by atoms with Gasteiger partial charge >= 0.3 is 0 Å². The van der Waals surface area contributed by atoms with Crippen molar-refractivity contribution < 1.29 is 4.79 Å². The molecule has 0 bridgehead atoms. The summed E-state index contributed by atoms with van der Waals surface area (Å²) < 4.78 is 2.72. The van der Waals surface area contributed by atoms with Gasteiger partial charge in [-0.25, -0.2) is 4.98 Å². The number of hydrogen-bond donors (Lipinski definition) is 2. The summed E-state index contributed by atoms with van der Waals surface area (Å²) >= 11 is 3.43. The normalized spacial score (nSPS) is 16.5. The summed E-state index contributed by atoms with van der Waals surface area (Å²) in [6.07, 6.45) is 2.15. The number of rotatable bonds is 3. The maximum Gasteiger partial charge on any atom is 0.243 e. The van der Waals surface area contributed by atoms with Gasteiger partial charge in [0.1, 0.15) is 6.04 Å². The number of halogens is 1. The zero-order valence-corrected chi connectivity index (χ0v) is 12.1. The fourth-order valence-corrected chi connectivity index (χ4v) is 2.51. The van der Waals surface area contributed by atoms with E-state index in [2.05, 4.69) is 26.2 Å². The largest absolute Gasteiger partial charge is 0.369 e. The van der Waals surface area contributed by atoms with Crippen LogP contribution in [0.3, 0.4) is 0 Å². The maximum atomic E-state index is 12.1. The molecule has 3 rings (SSSR count). The van der Waals surface area contributed by atoms with Gasteiger partial charge in [-0.05, 0) is 38.0 Å². The molecule has 1 heterocycles. The van der Waals surface area contributed by atoms with Crippen molar-refractivity contribution in [3.05, 3.63) is 22.7 Å². The molecular formula is C13H15BrN4O. The lowest BCUT2D eigenvalue weighted by atomic mass is 10.2. The quantitative estimate of drug-likeness (QED) is 0.910. The van der Waals surface area contributed by atoms with Gasteiger partial charge in [0, 0.05) is 10.5 Å². The van der Waals surface area contributed by atoms with Crippen LogP contribution in [0.5, 0.6) is 0 Å². The Kier molecular flexibility index (Phi) is 2.97. The summed E-state index contributed by atoms with van der Waals surface area (Å²) in [4.78, 5) is 16.4. The Hall–Kier alpha value is -1.56. The van der Waals surface area contributed by atoms with Crippen LogP contribution >= 0.6 is 15.9 Å². The number of hydrogen-bond acceptors (Lipinski definition) is 3. The average Bonchev–Trinajstić information content (AvgIpc) is 3.10. The Bertz CT molecular complexity index is 647. The Labute approximate surface area is 119 Å². The van der Waals surface area contributed by atoms with Crippen LogP contribution in [0.4, 0.5) is 5.95 Å². The molecule has 1 saturated carbocycles. The van der Waals surface area contributed by atoms with Crippen LogP contribution in [0.25, 0.3) is 11.0 Å². The highest BCUT2D eigenvalue weighted by atomic mass is 79.9. The SMILES string of the molecule is CC(C(=O)NC1CC1)n1c(N)nc2ccc(Br)cc21. The molecule has 3 N–H and O–H groups in total. The summed E-state index contributed by atoms with van der Waals surface area (Å²) in [7, 11) is 0. The van der Waals surface area contributed by atoms with E-state index in [1.165, 1.54) is 0 Å². The molecule has 1 atom stereocenters. The molecule has 19 heavy (non-hydrogen) atoms. The van der Waals surface area contributed by atoms with Gasteiger partial charge in [0.15, 0.2) is 0 Å². The van der Waals surface area contributed by atoms with Gasteiger partial charge in [0.05, 0.1) is 11.0 Å². The molecule has 5 nitrogen and oxygen atoms in total. The molecule has 0 aliphatic heterocycles. The second kappa shape index (κ2) is 4.52. The van der Waals surface area contributed by atoms with Crippen molar-refractivity contribution in [3.8, 4) is 0 Å². The Morgan fingerprint density at radius 2 is 2.32 bits per heavy atom. The number of imidazole rings is 1. The molecule has 2 aromatic rings. The van der Waals surface area contributed by atoms with Crippen LogP contribution in [-0.2, 0) is 4.79 Å². The van der Waals surface area contributed by atoms with E-state index in [9.17, 15) is 4.79 Å². The summed E-state index contributed by atoms with van der Waals surface area (Å²) in [5.41, 5.74) is 7.61. The molecule has 1 unspecified atom stereocenters. The summed E-state index contributed by atoms with van der Waals surface area (Å²) in [5, 5.41) is 2.99. The van der Waals surface area contributed by atoms with Crippen LogP contribution in [0, 0.1) is 0 Å². The highest BCUT2D eigenvalue weighted by Gasteiger charge is 2.27. The third kappa shape index (κ3) is 2.32. The molecule has 6 heteroatoms. The number of carbonyl (C=O) groups is 1. The van der Waals surface area contributed by atoms with Crippen molar-refractivity contribution in [2.75, 3.05) is 5.73 Å². The number of nitrogens with zero attached hydrogens (tertiary/aromatic N) is 2. The summed E-state index contributed by atoms with van der Waals surface area (Å²) in [6.45, 7) is 1.84. The van der Waals surface area contributed by atoms with Gasteiger partial charge in [0.25, 0.3) is 0 Å². The van der Waals surface area contributed by atoms with Crippen molar-refractivity contribution in [3.63, 3.8) is 0 Å². The molecule has 0 radical (unpaired) electrons. The number of amides is 1. The molecule has 0 spiro atoms. The third-order valence-corrected chi connectivity index (χ3v) is 3.86. The lowest BCUT2D eigenvalue weighted by Gasteiger charge is -2.15. The molecule has 100 valence electrons. The molecule has 1 amide bonds. The Morgan fingerprint density at radius 3 is 3.00 bits per heavy atom. The predicted molar refractivity (Wildman–Crippen MR) is 77.7 cm³/mol. The minimum absolute atomic E-state index is 0.00604. The van der Waals surface area contributed by atoms with Crippen molar-refractivity contribution in [2.45, 2.75) is 31.8 Å². The first-order valence-electron chi connectivity index (χ1n) is 6.29. The summed E-state index contributed by atoms with van der Waals surface area (Å²) in [5.74, 6) is 0.361. The van der Waals surface area contributed by atoms with Gasteiger partial charge in [-0.2, -0.15) is 0 Å². The number of carbonyl (C=O) groups excluding carboxylic acids is 1. The highest BCUT2D eigenvalue weighted by Crippen LogP contribution is 2.27. The predicted octanol–water partition coefficient (Wildman–Crippen LogP) is 2.22. The monoisotopic (exact) mass is 322 g/mol. The fourth-order valence-electron chi connectivity index (χ4n) is 2.16. The van der Waals surface area contributed by atoms with Crippen LogP contribution < -0.4 is 11.1 Å². The Morgan fingerprint density at radius 1 is 1.58 bits per heavy atom. The van der Waals surface area contributed by atoms with Gasteiger partial charge in [-0.1, -0.05) is 15.9 Å². The molecule has 1 aliphatic carbocycles. The van der Waals surface area contributed by atoms with Crippen molar-refractivity contribution >= 4 is 38.8 Å². The lowest BCUT2D eigenvalue weighted by molar-refractivity contribution is -0.123. The lowest BCUT2D eigenvalue weighted by Crippen LogP contribution is -2.32. The number of nitrogens with one attached hydrogen (secondary N) is 1. The zero-order valence-electron chi connectivity index (χ0n) is 10.6. The topological polar surface area (TPSA) is 72.9 Å². The van der Waals surface area contributed by atoms with E-state index in [0.717, 1.165) is 28.3 Å². The van der Waals surface area contributed by atoms with Gasteiger partial charge in [0.2, 0.25) is 11.9 Å². The van der Waals surface area contributed by atoms with Gasteiger partial charge in [-0.15, -0.1) is 0 Å². The smallest absolute Gasteiger partial charge is 0.243 e. The minimum atomic E-state index is -0.361. The van der Waals surface area contributed by atoms with E-state index in [1.807, 2.05) is 25.1 Å². The minimum Gasteiger partial charge on any atom is -0.369 e. The average molecular weight is 323 g/mol. The number of anilines is 1. The maximum absolute atomic E-state index is 12.1. The molecule has 1 aromatic heterocycles. The van der Waals surface area contributed by atoms with Crippen LogP contribution in [0.2, 0.25) is 0 Å². The van der Waals surface area contributed by atoms with Gasteiger partial charge < -0.3 is 11.1 Å². The molecular weight excluding hydrogens is 308 g/mol. The first-order chi connectivity index (χ1) is 9.06. The van der Waals surface area contributed by atoms with Crippen LogP contribution in [0.15, 0.2) is 22.7 Å². The molecule has 0 saturated heterocycles. The number of benzene rings is 1. The highest BCUT2D eigenvalue weighted by molar-refractivity contribution is 9.10. The third-order valence-electron chi connectivity index (χ3n) is 3.37. The van der Waals surface area contributed by atoms with Crippen LogP contribution in [-0.4, -0.2) is 21.5 Å². The number of fused-ring (bicyclic) bond motifs is 1. The van der Waals surface area contributed by atoms with E-state index in [1.54, 1.807) is 4.57 Å². The number of nitrogen functional groups attached to an aromatic ring is 1. The molecule has 1 aromatic carbocycles. The van der Waals surface area contributed by atoms with E-state index >= 15 is 0 Å². The van der Waals surface area contributed by atoms with Gasteiger partial charge in [-0.3, -0.25) is 9.36 Å². The second-order valence-corrected chi connectivity index (χ2v) is 5.85. The van der Waals surface area contributed by atoms with E-state index in [-0.39, 0.29) is 11.9 Å². The van der Waals surface area contributed by atoms with Crippen molar-refractivity contribution in [1.29, 1.82) is 0 Å². The van der Waals surface area contributed by atoms with E-state index in [0.29, 0.717) is 12.0 Å². The van der Waals surface area contributed by atoms with Crippen LogP contribution in [0.1, 0.15) is 25.8 Å². The second-order valence-electron chi connectivity index (χ2n) is 4.93. The van der Waals surface area contributed by atoms with Crippen molar-refractivity contribution in [1.82, 2.24) is 14.9 Å². The standard InChI is InChI=1S/C13H15BrN4O/c1-7(12(19)16-9-3-4-9)18-11-6-8(14)2-5-10(11)17-13(18)15/h2,5-7,9H,3-4H2,1H3,(H2,15,17)(H,16,19). The van der Waals surface area contributed by atoms with Crippen molar-refractivity contribution in [2.24, 2.45) is 0 Å². The summed E-state index contributed by atoms with van der Waals surface area (Å²) in [6, 6.07) is 5.71.